The number of nitrogens with zero attached hydrogens (tertiary/aromatic N) is 1. The van der Waals surface area contributed by atoms with Crippen molar-refractivity contribution in [3.8, 4) is 0 Å². The van der Waals surface area contributed by atoms with Gasteiger partial charge in [-0.1, -0.05) is 0 Å². The average molecular weight is 196 g/mol. The highest BCUT2D eigenvalue weighted by Crippen LogP contribution is 2.37. The molecule has 1 aliphatic rings. The lowest BCUT2D eigenvalue weighted by Crippen LogP contribution is -2.21. The topological polar surface area (TPSA) is 38.9 Å². The number of nitrogens with two attached hydrogens (primary N) is 1. The van der Waals surface area contributed by atoms with E-state index in [0.29, 0.717) is 0 Å². The fourth-order valence-corrected chi connectivity index (χ4v) is 2.52. The highest BCUT2D eigenvalue weighted by Gasteiger charge is 2.37. The van der Waals surface area contributed by atoms with E-state index in [-0.39, 0.29) is 5.54 Å². The first-order valence-corrected chi connectivity index (χ1v) is 5.62. The molecule has 1 aliphatic carbocycles. The summed E-state index contributed by atoms with van der Waals surface area (Å²) in [5, 5.41) is 1.18. The van der Waals surface area contributed by atoms with Crippen LogP contribution in [0.15, 0.2) is 0 Å². The van der Waals surface area contributed by atoms with Gasteiger partial charge in [0.25, 0.3) is 0 Å². The quantitative estimate of drug-likeness (QED) is 0.804. The summed E-state index contributed by atoms with van der Waals surface area (Å²) in [6.07, 6.45) is 4.68. The van der Waals surface area contributed by atoms with Crippen LogP contribution >= 0.6 is 11.3 Å². The first-order chi connectivity index (χ1) is 6.09. The van der Waals surface area contributed by atoms with Gasteiger partial charge in [-0.25, -0.2) is 4.98 Å². The fourth-order valence-electron chi connectivity index (χ4n) is 1.58. The van der Waals surface area contributed by atoms with Gasteiger partial charge in [-0.15, -0.1) is 11.3 Å². The highest BCUT2D eigenvalue weighted by atomic mass is 32.1. The molecule has 0 saturated heterocycles. The van der Waals surface area contributed by atoms with Crippen molar-refractivity contribution in [2.45, 2.75) is 45.1 Å². The summed E-state index contributed by atoms with van der Waals surface area (Å²) in [5.41, 5.74) is 7.42. The molecule has 1 aromatic heterocycles. The molecule has 0 spiro atoms. The predicted octanol–water partition coefficient (Wildman–Crippen LogP) is 2.18. The molecule has 0 atom stereocenters. The second kappa shape index (κ2) is 3.07. The van der Waals surface area contributed by atoms with Gasteiger partial charge >= 0.3 is 0 Å². The molecule has 0 unspecified atom stereocenters. The molecule has 0 amide bonds. The van der Waals surface area contributed by atoms with Gasteiger partial charge in [-0.05, 0) is 39.5 Å². The van der Waals surface area contributed by atoms with E-state index in [2.05, 4.69) is 18.8 Å². The minimum absolute atomic E-state index is 0.185. The van der Waals surface area contributed by atoms with Crippen LogP contribution in [0.25, 0.3) is 0 Å². The van der Waals surface area contributed by atoms with Crippen molar-refractivity contribution in [2.24, 2.45) is 5.73 Å². The molecule has 0 aliphatic heterocycles. The maximum atomic E-state index is 6.04. The van der Waals surface area contributed by atoms with Crippen LogP contribution < -0.4 is 5.73 Å². The van der Waals surface area contributed by atoms with Crippen molar-refractivity contribution in [2.75, 3.05) is 0 Å². The zero-order valence-electron chi connectivity index (χ0n) is 8.26. The number of thiazole rings is 1. The number of hydrogen-bond donors (Lipinski definition) is 1. The molecule has 1 heterocycles. The van der Waals surface area contributed by atoms with Crippen LogP contribution in [-0.2, 0) is 6.42 Å². The first kappa shape index (κ1) is 9.16. The summed E-state index contributed by atoms with van der Waals surface area (Å²) in [6, 6.07) is 0. The van der Waals surface area contributed by atoms with E-state index in [9.17, 15) is 0 Å². The SMILES string of the molecule is Cc1nc(C)c(CCC2(N)CC2)s1. The number of aryl methyl sites for hydroxylation is 3. The average Bonchev–Trinajstić information content (AvgIpc) is 2.69. The number of hydrogen-bond acceptors (Lipinski definition) is 3. The Bertz CT molecular complexity index is 313. The van der Waals surface area contributed by atoms with Crippen LogP contribution in [0.2, 0.25) is 0 Å². The summed E-state index contributed by atoms with van der Waals surface area (Å²) < 4.78 is 0. The Morgan fingerprint density at radius 1 is 1.46 bits per heavy atom. The molecule has 1 saturated carbocycles. The third-order valence-corrected chi connectivity index (χ3v) is 3.87. The van der Waals surface area contributed by atoms with Gasteiger partial charge in [0.05, 0.1) is 10.7 Å². The van der Waals surface area contributed by atoms with Gasteiger partial charge in [0.1, 0.15) is 0 Å². The van der Waals surface area contributed by atoms with E-state index in [4.69, 9.17) is 5.73 Å². The molecule has 0 bridgehead atoms. The standard InChI is InChI=1S/C10H16N2S/c1-7-9(13-8(2)12-7)3-4-10(11)5-6-10/h3-6,11H2,1-2H3. The molecule has 2 rings (SSSR count). The minimum Gasteiger partial charge on any atom is -0.325 e. The Hall–Kier alpha value is -0.410. The van der Waals surface area contributed by atoms with Crippen LogP contribution in [0.3, 0.4) is 0 Å². The second-order valence-electron chi connectivity index (χ2n) is 4.10. The molecule has 1 fully saturated rings. The van der Waals surface area contributed by atoms with Crippen molar-refractivity contribution in [3.63, 3.8) is 0 Å². The van der Waals surface area contributed by atoms with Crippen molar-refractivity contribution in [1.82, 2.24) is 4.98 Å². The lowest BCUT2D eigenvalue weighted by molar-refractivity contribution is 0.611. The third kappa shape index (κ3) is 2.09. The molecule has 3 heteroatoms. The van der Waals surface area contributed by atoms with Crippen LogP contribution in [0.4, 0.5) is 0 Å². The Morgan fingerprint density at radius 3 is 2.62 bits per heavy atom. The highest BCUT2D eigenvalue weighted by molar-refractivity contribution is 7.11. The number of aromatic nitrogens is 1. The smallest absolute Gasteiger partial charge is 0.0900 e. The summed E-state index contributed by atoms with van der Waals surface area (Å²) in [4.78, 5) is 5.84. The maximum absolute atomic E-state index is 6.04. The predicted molar refractivity (Wildman–Crippen MR) is 56.1 cm³/mol. The van der Waals surface area contributed by atoms with Crippen LogP contribution in [-0.4, -0.2) is 10.5 Å². The monoisotopic (exact) mass is 196 g/mol. The van der Waals surface area contributed by atoms with Crippen LogP contribution in [0.1, 0.15) is 34.8 Å². The van der Waals surface area contributed by atoms with Gasteiger partial charge in [0.2, 0.25) is 0 Å². The summed E-state index contributed by atoms with van der Waals surface area (Å²) in [5.74, 6) is 0. The normalized spacial score (nSPS) is 19.0. The summed E-state index contributed by atoms with van der Waals surface area (Å²) in [6.45, 7) is 4.16. The lowest BCUT2D eigenvalue weighted by Gasteiger charge is -2.06. The molecule has 0 aromatic carbocycles. The molecule has 0 radical (unpaired) electrons. The van der Waals surface area contributed by atoms with E-state index in [0.717, 1.165) is 12.8 Å². The lowest BCUT2D eigenvalue weighted by atomic mass is 10.1. The number of rotatable bonds is 3. The second-order valence-corrected chi connectivity index (χ2v) is 5.39. The molecule has 1 aromatic rings. The van der Waals surface area contributed by atoms with Crippen LogP contribution in [0, 0.1) is 13.8 Å². The van der Waals surface area contributed by atoms with Gasteiger partial charge < -0.3 is 5.73 Å². The zero-order chi connectivity index (χ0) is 9.47. The molecule has 2 nitrogen and oxygen atoms in total. The van der Waals surface area contributed by atoms with E-state index >= 15 is 0 Å². The Labute approximate surface area is 83.2 Å². The van der Waals surface area contributed by atoms with Gasteiger partial charge in [0.15, 0.2) is 0 Å². The zero-order valence-corrected chi connectivity index (χ0v) is 9.08. The van der Waals surface area contributed by atoms with E-state index in [1.807, 2.05) is 11.3 Å². The molecular formula is C10H16N2S. The Morgan fingerprint density at radius 2 is 2.15 bits per heavy atom. The van der Waals surface area contributed by atoms with Gasteiger partial charge in [-0.3, -0.25) is 0 Å². The summed E-state index contributed by atoms with van der Waals surface area (Å²) >= 11 is 1.82. The van der Waals surface area contributed by atoms with Crippen molar-refractivity contribution >= 4 is 11.3 Å². The van der Waals surface area contributed by atoms with Crippen molar-refractivity contribution in [3.05, 3.63) is 15.6 Å². The van der Waals surface area contributed by atoms with E-state index < -0.39 is 0 Å². The maximum Gasteiger partial charge on any atom is 0.0900 e. The van der Waals surface area contributed by atoms with Gasteiger partial charge in [0, 0.05) is 10.4 Å². The molecule has 13 heavy (non-hydrogen) atoms. The van der Waals surface area contributed by atoms with Crippen molar-refractivity contribution in [1.29, 1.82) is 0 Å². The van der Waals surface area contributed by atoms with Crippen molar-refractivity contribution < 1.29 is 0 Å². The fraction of sp³-hybridized carbons (Fsp3) is 0.700. The van der Waals surface area contributed by atoms with Crippen LogP contribution in [0.5, 0.6) is 0 Å². The van der Waals surface area contributed by atoms with E-state index in [1.54, 1.807) is 0 Å². The largest absolute Gasteiger partial charge is 0.325 e. The minimum atomic E-state index is 0.185. The molecular weight excluding hydrogens is 180 g/mol. The third-order valence-electron chi connectivity index (χ3n) is 2.74. The first-order valence-electron chi connectivity index (χ1n) is 4.81. The van der Waals surface area contributed by atoms with Gasteiger partial charge in [-0.2, -0.15) is 0 Å². The van der Waals surface area contributed by atoms with E-state index in [1.165, 1.54) is 28.4 Å². The Kier molecular flexibility index (Phi) is 2.16. The Balaban J connectivity index is 1.97. The molecule has 72 valence electrons. The molecule has 2 N–H and O–H groups in total. The summed E-state index contributed by atoms with van der Waals surface area (Å²) in [7, 11) is 0.